The summed E-state index contributed by atoms with van der Waals surface area (Å²) in [6.45, 7) is 1.92. The number of hydrogen-bond donors (Lipinski definition) is 0. The lowest BCUT2D eigenvalue weighted by Gasteiger charge is -2.30. The Balaban J connectivity index is 1.95. The monoisotopic (exact) mass is 298 g/mol. The molecule has 1 heterocycles. The van der Waals surface area contributed by atoms with Crippen LogP contribution in [0.3, 0.4) is 0 Å². The second-order valence-corrected chi connectivity index (χ2v) is 5.37. The predicted molar refractivity (Wildman–Crippen MR) is 85.7 cm³/mol. The van der Waals surface area contributed by atoms with Crippen LogP contribution in [-0.2, 0) is 0 Å². The Morgan fingerprint density at radius 1 is 1.00 bits per heavy atom. The third-order valence-corrected chi connectivity index (χ3v) is 3.82. The van der Waals surface area contributed by atoms with Gasteiger partial charge in [0.1, 0.15) is 5.75 Å². The quantitative estimate of drug-likeness (QED) is 0.621. The summed E-state index contributed by atoms with van der Waals surface area (Å²) < 4.78 is 5.91. The number of anilines is 1. The van der Waals surface area contributed by atoms with Gasteiger partial charge < -0.3 is 9.64 Å². The number of para-hydroxylation sites is 1. The number of nitrogens with zero attached hydrogens (tertiary/aromatic N) is 2. The molecule has 0 N–H and O–H groups in total. The minimum absolute atomic E-state index is 0.0479. The molecule has 0 unspecified atom stereocenters. The molecule has 5 heteroatoms. The summed E-state index contributed by atoms with van der Waals surface area (Å²) in [6, 6.07) is 14.2. The standard InChI is InChI=1S/C17H18N2O3/c20-19(21)14-9-10-16(18-11-5-2-6-12-18)17(13-14)22-15-7-3-1-4-8-15/h1,3-4,7-10,13H,2,5-6,11-12H2. The summed E-state index contributed by atoms with van der Waals surface area (Å²) in [7, 11) is 0. The first-order valence-electron chi connectivity index (χ1n) is 7.50. The second-order valence-electron chi connectivity index (χ2n) is 5.37. The van der Waals surface area contributed by atoms with Crippen LogP contribution in [-0.4, -0.2) is 18.0 Å². The van der Waals surface area contributed by atoms with E-state index in [2.05, 4.69) is 4.90 Å². The third kappa shape index (κ3) is 3.19. The van der Waals surface area contributed by atoms with Gasteiger partial charge in [-0.15, -0.1) is 0 Å². The number of rotatable bonds is 4. The number of non-ortho nitro benzene ring substituents is 1. The molecule has 1 aliphatic heterocycles. The minimum atomic E-state index is -0.391. The van der Waals surface area contributed by atoms with Crippen molar-refractivity contribution in [3.05, 3.63) is 58.6 Å². The maximum atomic E-state index is 11.0. The first-order chi connectivity index (χ1) is 10.7. The van der Waals surface area contributed by atoms with Crippen molar-refractivity contribution in [1.29, 1.82) is 0 Å². The van der Waals surface area contributed by atoms with E-state index in [1.807, 2.05) is 30.3 Å². The van der Waals surface area contributed by atoms with Crippen LogP contribution in [0.15, 0.2) is 48.5 Å². The van der Waals surface area contributed by atoms with E-state index in [1.165, 1.54) is 12.5 Å². The highest BCUT2D eigenvalue weighted by molar-refractivity contribution is 5.63. The number of nitro benzene ring substituents is 1. The molecule has 0 aliphatic carbocycles. The first kappa shape index (κ1) is 14.4. The molecule has 0 radical (unpaired) electrons. The topological polar surface area (TPSA) is 55.6 Å². The van der Waals surface area contributed by atoms with Crippen molar-refractivity contribution < 1.29 is 9.66 Å². The van der Waals surface area contributed by atoms with Crippen molar-refractivity contribution >= 4 is 11.4 Å². The Bertz CT molecular complexity index is 652. The zero-order valence-corrected chi connectivity index (χ0v) is 12.3. The zero-order valence-electron chi connectivity index (χ0n) is 12.3. The van der Waals surface area contributed by atoms with Gasteiger partial charge in [0.05, 0.1) is 16.7 Å². The molecule has 3 rings (SSSR count). The summed E-state index contributed by atoms with van der Waals surface area (Å²) in [6.07, 6.45) is 3.52. The SMILES string of the molecule is O=[N+]([O-])c1ccc(N2CCCCC2)c(Oc2ccccc2)c1. The van der Waals surface area contributed by atoms with Gasteiger partial charge in [-0.3, -0.25) is 10.1 Å². The molecule has 1 saturated heterocycles. The summed E-state index contributed by atoms with van der Waals surface area (Å²) in [5.41, 5.74) is 0.973. The van der Waals surface area contributed by atoms with E-state index < -0.39 is 4.92 Å². The number of hydrogen-bond acceptors (Lipinski definition) is 4. The van der Waals surface area contributed by atoms with Gasteiger partial charge in [-0.25, -0.2) is 0 Å². The van der Waals surface area contributed by atoms with E-state index in [4.69, 9.17) is 4.74 Å². The number of nitro groups is 1. The van der Waals surface area contributed by atoms with Gasteiger partial charge in [-0.2, -0.15) is 0 Å². The van der Waals surface area contributed by atoms with Gasteiger partial charge in [-0.1, -0.05) is 18.2 Å². The van der Waals surface area contributed by atoms with Crippen LogP contribution in [0.2, 0.25) is 0 Å². The van der Waals surface area contributed by atoms with Crippen LogP contribution in [0.25, 0.3) is 0 Å². The molecule has 0 amide bonds. The van der Waals surface area contributed by atoms with Crippen LogP contribution in [0.5, 0.6) is 11.5 Å². The molecule has 1 fully saturated rings. The van der Waals surface area contributed by atoms with Crippen molar-refractivity contribution in [2.24, 2.45) is 0 Å². The van der Waals surface area contributed by atoms with Crippen molar-refractivity contribution in [3.63, 3.8) is 0 Å². The van der Waals surface area contributed by atoms with E-state index >= 15 is 0 Å². The first-order valence-corrected chi connectivity index (χ1v) is 7.50. The zero-order chi connectivity index (χ0) is 15.4. The maximum absolute atomic E-state index is 11.0. The largest absolute Gasteiger partial charge is 0.455 e. The minimum Gasteiger partial charge on any atom is -0.455 e. The fourth-order valence-electron chi connectivity index (χ4n) is 2.71. The van der Waals surface area contributed by atoms with E-state index in [-0.39, 0.29) is 5.69 Å². The Hall–Kier alpha value is -2.56. The van der Waals surface area contributed by atoms with E-state index in [0.717, 1.165) is 31.6 Å². The molecular formula is C17H18N2O3. The molecule has 22 heavy (non-hydrogen) atoms. The van der Waals surface area contributed by atoms with Gasteiger partial charge >= 0.3 is 0 Å². The molecule has 114 valence electrons. The highest BCUT2D eigenvalue weighted by Crippen LogP contribution is 2.36. The van der Waals surface area contributed by atoms with Gasteiger partial charge in [-0.05, 0) is 37.5 Å². The normalized spacial score (nSPS) is 14.6. The molecule has 5 nitrogen and oxygen atoms in total. The van der Waals surface area contributed by atoms with E-state index in [9.17, 15) is 10.1 Å². The number of ether oxygens (including phenoxy) is 1. The predicted octanol–water partition coefficient (Wildman–Crippen LogP) is 4.38. The molecule has 2 aromatic carbocycles. The number of piperidine rings is 1. The summed E-state index contributed by atoms with van der Waals surface area (Å²) in [4.78, 5) is 12.9. The molecule has 0 aromatic heterocycles. The highest BCUT2D eigenvalue weighted by atomic mass is 16.6. The summed E-state index contributed by atoms with van der Waals surface area (Å²) in [5.74, 6) is 1.23. The average molecular weight is 298 g/mol. The lowest BCUT2D eigenvalue weighted by molar-refractivity contribution is -0.384. The molecule has 0 bridgehead atoms. The summed E-state index contributed by atoms with van der Waals surface area (Å²) >= 11 is 0. The lowest BCUT2D eigenvalue weighted by Crippen LogP contribution is -2.29. The molecule has 2 aromatic rings. The van der Waals surface area contributed by atoms with Crippen LogP contribution in [0.4, 0.5) is 11.4 Å². The van der Waals surface area contributed by atoms with Crippen LogP contribution in [0, 0.1) is 10.1 Å². The van der Waals surface area contributed by atoms with E-state index in [1.54, 1.807) is 12.1 Å². The maximum Gasteiger partial charge on any atom is 0.273 e. The molecule has 0 atom stereocenters. The molecule has 1 aliphatic rings. The van der Waals surface area contributed by atoms with Gasteiger partial charge in [0.15, 0.2) is 5.75 Å². The van der Waals surface area contributed by atoms with Gasteiger partial charge in [0.2, 0.25) is 0 Å². The third-order valence-electron chi connectivity index (χ3n) is 3.82. The molecule has 0 saturated carbocycles. The second kappa shape index (κ2) is 6.47. The van der Waals surface area contributed by atoms with Crippen LogP contribution in [0.1, 0.15) is 19.3 Å². The van der Waals surface area contributed by atoms with Gasteiger partial charge in [0.25, 0.3) is 5.69 Å². The Kier molecular flexibility index (Phi) is 4.23. The Morgan fingerprint density at radius 2 is 1.73 bits per heavy atom. The Labute approximate surface area is 129 Å². The van der Waals surface area contributed by atoms with Crippen molar-refractivity contribution in [1.82, 2.24) is 0 Å². The van der Waals surface area contributed by atoms with Gasteiger partial charge in [0, 0.05) is 19.2 Å². The van der Waals surface area contributed by atoms with Crippen molar-refractivity contribution in [3.8, 4) is 11.5 Å². The van der Waals surface area contributed by atoms with Crippen LogP contribution >= 0.6 is 0 Å². The lowest BCUT2D eigenvalue weighted by atomic mass is 10.1. The van der Waals surface area contributed by atoms with Crippen molar-refractivity contribution in [2.75, 3.05) is 18.0 Å². The highest BCUT2D eigenvalue weighted by Gasteiger charge is 2.19. The average Bonchev–Trinajstić information content (AvgIpc) is 2.56. The molecular weight excluding hydrogens is 280 g/mol. The Morgan fingerprint density at radius 3 is 2.41 bits per heavy atom. The van der Waals surface area contributed by atoms with Crippen molar-refractivity contribution in [2.45, 2.75) is 19.3 Å². The molecule has 0 spiro atoms. The van der Waals surface area contributed by atoms with E-state index in [0.29, 0.717) is 11.5 Å². The summed E-state index contributed by atoms with van der Waals surface area (Å²) in [5, 5.41) is 11.0. The smallest absolute Gasteiger partial charge is 0.273 e. The number of benzene rings is 2. The fraction of sp³-hybridized carbons (Fsp3) is 0.294. The fourth-order valence-corrected chi connectivity index (χ4v) is 2.71. The van der Waals surface area contributed by atoms with Crippen LogP contribution < -0.4 is 9.64 Å².